The van der Waals surface area contributed by atoms with E-state index in [0.29, 0.717) is 28.7 Å². The van der Waals surface area contributed by atoms with Crippen molar-refractivity contribution in [3.05, 3.63) is 64.7 Å². The Bertz CT molecular complexity index is 1630. The number of aromatic hydroxyl groups is 1. The fourth-order valence-electron chi connectivity index (χ4n) is 6.90. The van der Waals surface area contributed by atoms with Crippen molar-refractivity contribution in [1.82, 2.24) is 0 Å². The molecule has 1 saturated heterocycles. The van der Waals surface area contributed by atoms with E-state index in [0.717, 1.165) is 11.8 Å². The van der Waals surface area contributed by atoms with Crippen molar-refractivity contribution in [2.75, 3.05) is 19.4 Å². The third kappa shape index (κ3) is 7.58. The number of Topliss-reactive ketones (excluding diaryl/α,β-unsaturated/α-hetero) is 1. The predicted octanol–water partition coefficient (Wildman–Crippen LogP) is 2.26. The van der Waals surface area contributed by atoms with Crippen molar-refractivity contribution in [1.29, 1.82) is 0 Å². The van der Waals surface area contributed by atoms with Crippen LogP contribution in [0.3, 0.4) is 0 Å². The first-order valence-electron chi connectivity index (χ1n) is 16.1. The van der Waals surface area contributed by atoms with E-state index in [9.17, 15) is 40.2 Å². The quantitative estimate of drug-likeness (QED) is 0.132. The minimum absolute atomic E-state index is 0.00331. The normalized spacial score (nSPS) is 28.6. The summed E-state index contributed by atoms with van der Waals surface area (Å²) in [6.45, 7) is 1.22. The molecule has 2 heterocycles. The van der Waals surface area contributed by atoms with Gasteiger partial charge in [0.25, 0.3) is 0 Å². The number of hydrogen-bond donors (Lipinski definition) is 7. The number of ketones is 1. The zero-order valence-electron chi connectivity index (χ0n) is 27.2. The van der Waals surface area contributed by atoms with Gasteiger partial charge in [0.15, 0.2) is 5.78 Å². The highest BCUT2D eigenvalue weighted by atomic mass is 33.1. The summed E-state index contributed by atoms with van der Waals surface area (Å²) in [5, 5.41) is 67.3. The van der Waals surface area contributed by atoms with Crippen molar-refractivity contribution in [2.24, 2.45) is 17.6 Å². The first kappa shape index (κ1) is 37.3. The predicted molar refractivity (Wildman–Crippen MR) is 186 cm³/mol. The molecule has 5 rings (SSSR count). The van der Waals surface area contributed by atoms with Gasteiger partial charge in [-0.25, -0.2) is 0 Å². The monoisotopic (exact) mass is 717 g/mol. The van der Waals surface area contributed by atoms with Crippen LogP contribution in [-0.4, -0.2) is 104 Å². The molecule has 0 unspecified atom stereocenters. The molecule has 14 heteroatoms. The van der Waals surface area contributed by atoms with E-state index in [1.807, 2.05) is 30.3 Å². The second kappa shape index (κ2) is 16.4. The molecule has 3 aromatic rings. The molecule has 12 nitrogen and oxygen atoms in total. The average molecular weight is 718 g/mol. The van der Waals surface area contributed by atoms with Gasteiger partial charge in [-0.1, -0.05) is 51.9 Å². The highest BCUT2D eigenvalue weighted by molar-refractivity contribution is 8.76. The molecular formula is C35H43NO11S2. The van der Waals surface area contributed by atoms with E-state index >= 15 is 0 Å². The molecule has 2 aliphatic rings. The minimum Gasteiger partial charge on any atom is -0.506 e. The van der Waals surface area contributed by atoms with Gasteiger partial charge in [-0.15, -0.1) is 0 Å². The number of hydrogen-bond acceptors (Lipinski definition) is 14. The van der Waals surface area contributed by atoms with E-state index in [-0.39, 0.29) is 47.6 Å². The smallest absolute Gasteiger partial charge is 0.229 e. The van der Waals surface area contributed by atoms with Crippen LogP contribution in [0.1, 0.15) is 39.9 Å². The molecule has 49 heavy (non-hydrogen) atoms. The summed E-state index contributed by atoms with van der Waals surface area (Å²) in [6.07, 6.45) is -8.95. The Balaban J connectivity index is 1.68. The third-order valence-electron chi connectivity index (χ3n) is 9.43. The van der Waals surface area contributed by atoms with Gasteiger partial charge in [0.05, 0.1) is 30.8 Å². The number of aldehydes is 1. The number of carbonyl (C=O) groups excluding carboxylic acids is 2. The van der Waals surface area contributed by atoms with E-state index < -0.39 is 66.3 Å². The number of aliphatic hydroxyl groups excluding tert-OH is 5. The number of phenolic OH excluding ortho intramolecular Hbond substituents is 1. The number of fused-ring (bicyclic) bond motifs is 3. The lowest BCUT2D eigenvalue weighted by Crippen LogP contribution is -2.64. The van der Waals surface area contributed by atoms with Crippen LogP contribution in [0, 0.1) is 18.8 Å². The summed E-state index contributed by atoms with van der Waals surface area (Å²) in [7, 11) is 4.17. The molecule has 0 amide bonds. The van der Waals surface area contributed by atoms with Crippen LogP contribution in [0.4, 0.5) is 0 Å². The molecule has 2 aliphatic heterocycles. The first-order chi connectivity index (χ1) is 23.6. The van der Waals surface area contributed by atoms with E-state index in [4.69, 9.17) is 19.9 Å². The van der Waals surface area contributed by atoms with Crippen LogP contribution in [0.15, 0.2) is 42.5 Å². The Hall–Kier alpha value is -2.92. The highest BCUT2D eigenvalue weighted by Gasteiger charge is 2.51. The topological polar surface area (TPSA) is 209 Å². The minimum atomic E-state index is -1.84. The zero-order valence-corrected chi connectivity index (χ0v) is 28.8. The number of methoxy groups -OCH3 is 1. The lowest BCUT2D eigenvalue weighted by molar-refractivity contribution is -0.293. The molecule has 3 aromatic carbocycles. The molecule has 0 radical (unpaired) electrons. The van der Waals surface area contributed by atoms with Gasteiger partial charge in [-0.3, -0.25) is 4.79 Å². The van der Waals surface area contributed by atoms with Gasteiger partial charge < -0.3 is 55.4 Å². The van der Waals surface area contributed by atoms with Gasteiger partial charge in [0, 0.05) is 41.4 Å². The summed E-state index contributed by atoms with van der Waals surface area (Å²) < 4.78 is 17.7. The first-order valence-corrected chi connectivity index (χ1v) is 18.4. The maximum atomic E-state index is 13.7. The number of nitrogens with two attached hydrogens (primary N) is 1. The van der Waals surface area contributed by atoms with Crippen LogP contribution in [-0.2, 0) is 22.6 Å². The Kier molecular flexibility index (Phi) is 12.5. The summed E-state index contributed by atoms with van der Waals surface area (Å²) in [5.41, 5.74) is 7.96. The number of rotatable bonds is 8. The zero-order chi connectivity index (χ0) is 35.4. The Morgan fingerprint density at radius 1 is 1.08 bits per heavy atom. The molecule has 1 fully saturated rings. The Morgan fingerprint density at radius 3 is 2.47 bits per heavy atom. The van der Waals surface area contributed by atoms with Crippen molar-refractivity contribution in [2.45, 2.75) is 74.9 Å². The summed E-state index contributed by atoms with van der Waals surface area (Å²) in [5.74, 6) is -1.67. The largest absolute Gasteiger partial charge is 0.506 e. The molecule has 0 spiro atoms. The maximum Gasteiger partial charge on any atom is 0.229 e. The third-order valence-corrected chi connectivity index (χ3v) is 12.3. The van der Waals surface area contributed by atoms with Crippen LogP contribution >= 0.6 is 21.6 Å². The SMILES string of the molecule is COc1cc2c3c(O)c(c(C)cc3c1CO)C(=O)CCSS[C@@H](Cc1ccccc1)[C@H]([C@H](CN)CC=O)[C@H](O)[C@H]1O[C@H](O2)[C@H](O)[C@@H](O)[C@@H]1O. The van der Waals surface area contributed by atoms with E-state index in [1.54, 1.807) is 13.0 Å². The fraction of sp³-hybridized carbons (Fsp3) is 0.486. The molecule has 8 N–H and O–H groups in total. The van der Waals surface area contributed by atoms with Gasteiger partial charge >= 0.3 is 0 Å². The van der Waals surface area contributed by atoms with Gasteiger partial charge in [0.1, 0.15) is 48.0 Å². The number of carbonyl (C=O) groups is 2. The lowest BCUT2D eigenvalue weighted by atomic mass is 9.77. The van der Waals surface area contributed by atoms with Crippen molar-refractivity contribution < 1.29 is 54.4 Å². The summed E-state index contributed by atoms with van der Waals surface area (Å²) in [6, 6.07) is 12.5. The Morgan fingerprint density at radius 2 is 1.82 bits per heavy atom. The van der Waals surface area contributed by atoms with Gasteiger partial charge in [0.2, 0.25) is 6.29 Å². The van der Waals surface area contributed by atoms with Crippen molar-refractivity contribution >= 4 is 44.4 Å². The molecule has 0 saturated carbocycles. The van der Waals surface area contributed by atoms with E-state index in [1.165, 1.54) is 34.8 Å². The number of aryl methyl sites for hydroxylation is 1. The Labute approximate surface area is 292 Å². The molecule has 9 atom stereocenters. The maximum absolute atomic E-state index is 13.7. The van der Waals surface area contributed by atoms with Crippen LogP contribution in [0.5, 0.6) is 17.2 Å². The highest BCUT2D eigenvalue weighted by Crippen LogP contribution is 2.46. The second-order valence-electron chi connectivity index (χ2n) is 12.4. The molecule has 266 valence electrons. The standard InChI is InChI=1S/C35H43NO11S2/c1-17-12-20-21(16-38)23(45-2)14-24-28(20)29(40)26(17)22(39)9-11-48-49-25(13-18-6-4-3-5-7-18)27(19(15-36)8-10-37)30(41)34-32(43)31(42)33(44)35(46-24)47-34/h3-7,10,12,14,19,25,27,30-35,38,40-44H,8-9,11,13,15-16,36H2,1-2H3/t19-,25-,27-,30-,31-,32-,33+,34+,35-/m0/s1. The second-order valence-corrected chi connectivity index (χ2v) is 15.1. The van der Waals surface area contributed by atoms with Crippen molar-refractivity contribution in [3.8, 4) is 17.2 Å². The fourth-order valence-corrected chi connectivity index (χ4v) is 9.86. The van der Waals surface area contributed by atoms with Crippen LogP contribution in [0.2, 0.25) is 0 Å². The molecular weight excluding hydrogens is 675 g/mol. The van der Waals surface area contributed by atoms with Crippen molar-refractivity contribution in [3.63, 3.8) is 0 Å². The van der Waals surface area contributed by atoms with Crippen LogP contribution < -0.4 is 15.2 Å². The number of aliphatic hydroxyl groups is 5. The average Bonchev–Trinajstić information content (AvgIpc) is 3.09. The van der Waals surface area contributed by atoms with E-state index in [2.05, 4.69) is 0 Å². The molecule has 0 aliphatic carbocycles. The molecule has 4 bridgehead atoms. The van der Waals surface area contributed by atoms with Gasteiger partial charge in [-0.05, 0) is 48.4 Å². The van der Waals surface area contributed by atoms with Gasteiger partial charge in [-0.2, -0.15) is 0 Å². The number of phenols is 1. The lowest BCUT2D eigenvalue weighted by Gasteiger charge is -2.46. The summed E-state index contributed by atoms with van der Waals surface area (Å²) >= 11 is 0. The number of benzene rings is 3. The molecule has 0 aromatic heterocycles. The van der Waals surface area contributed by atoms with Crippen LogP contribution in [0.25, 0.3) is 10.8 Å². The summed E-state index contributed by atoms with van der Waals surface area (Å²) in [4.78, 5) is 25.5. The number of ether oxygens (including phenoxy) is 3.